The Kier molecular flexibility index (Phi) is 4.20. The molecule has 0 amide bonds. The number of benzene rings is 1. The highest BCUT2D eigenvalue weighted by atomic mass is 16.5. The summed E-state index contributed by atoms with van der Waals surface area (Å²) in [5.41, 5.74) is 7.95. The van der Waals surface area contributed by atoms with E-state index in [1.165, 1.54) is 25.9 Å². The summed E-state index contributed by atoms with van der Waals surface area (Å²) in [5.74, 6) is 0.735. The lowest BCUT2D eigenvalue weighted by molar-refractivity contribution is 0.150. The van der Waals surface area contributed by atoms with Crippen molar-refractivity contribution in [3.8, 4) is 5.75 Å². The molecule has 4 nitrogen and oxygen atoms in total. The number of methoxy groups -OCH3 is 1. The highest BCUT2D eigenvalue weighted by Crippen LogP contribution is 2.31. The molecule has 1 aromatic rings. The summed E-state index contributed by atoms with van der Waals surface area (Å²) in [6.07, 6.45) is 2.48. The molecule has 1 saturated heterocycles. The first-order chi connectivity index (χ1) is 9.02. The van der Waals surface area contributed by atoms with E-state index in [1.807, 2.05) is 18.2 Å². The number of nitrogens with one attached hydrogen (secondary N) is 1. The number of rotatable bonds is 4. The van der Waals surface area contributed by atoms with Gasteiger partial charge in [0.2, 0.25) is 0 Å². The summed E-state index contributed by atoms with van der Waals surface area (Å²) in [6.45, 7) is 5.72. The SMILES string of the molecule is COc1cc(NCC2(C)CCN(C)CC2)ccc1N. The molecule has 106 valence electrons. The third-order valence-electron chi connectivity index (χ3n) is 4.15. The van der Waals surface area contributed by atoms with Gasteiger partial charge in [-0.3, -0.25) is 0 Å². The maximum atomic E-state index is 5.82. The Labute approximate surface area is 115 Å². The van der Waals surface area contributed by atoms with Gasteiger partial charge in [-0.15, -0.1) is 0 Å². The monoisotopic (exact) mass is 263 g/mol. The van der Waals surface area contributed by atoms with Crippen LogP contribution in [-0.4, -0.2) is 38.7 Å². The molecule has 0 saturated carbocycles. The number of hydrogen-bond donors (Lipinski definition) is 2. The van der Waals surface area contributed by atoms with Crippen LogP contribution >= 0.6 is 0 Å². The van der Waals surface area contributed by atoms with Crippen LogP contribution in [0.5, 0.6) is 5.75 Å². The minimum absolute atomic E-state index is 0.376. The average molecular weight is 263 g/mol. The maximum Gasteiger partial charge on any atom is 0.143 e. The van der Waals surface area contributed by atoms with Crippen molar-refractivity contribution in [2.24, 2.45) is 5.41 Å². The highest BCUT2D eigenvalue weighted by Gasteiger charge is 2.28. The van der Waals surface area contributed by atoms with Crippen molar-refractivity contribution in [3.63, 3.8) is 0 Å². The fourth-order valence-electron chi connectivity index (χ4n) is 2.47. The number of hydrogen-bond acceptors (Lipinski definition) is 4. The van der Waals surface area contributed by atoms with Gasteiger partial charge in [0, 0.05) is 18.3 Å². The molecule has 0 atom stereocenters. The van der Waals surface area contributed by atoms with Gasteiger partial charge < -0.3 is 20.7 Å². The predicted molar refractivity (Wildman–Crippen MR) is 80.7 cm³/mol. The summed E-state index contributed by atoms with van der Waals surface area (Å²) in [5, 5.41) is 3.52. The number of nitrogens with zero attached hydrogens (tertiary/aromatic N) is 1. The minimum Gasteiger partial charge on any atom is -0.495 e. The lowest BCUT2D eigenvalue weighted by atomic mass is 9.80. The zero-order valence-corrected chi connectivity index (χ0v) is 12.2. The molecule has 0 unspecified atom stereocenters. The van der Waals surface area contributed by atoms with Crippen LogP contribution in [0.25, 0.3) is 0 Å². The highest BCUT2D eigenvalue weighted by molar-refractivity contribution is 5.61. The van der Waals surface area contributed by atoms with Gasteiger partial charge in [-0.2, -0.15) is 0 Å². The fraction of sp³-hybridized carbons (Fsp3) is 0.600. The number of anilines is 2. The lowest BCUT2D eigenvalue weighted by Gasteiger charge is -2.38. The third-order valence-corrected chi connectivity index (χ3v) is 4.15. The van der Waals surface area contributed by atoms with Crippen molar-refractivity contribution in [2.75, 3.05) is 44.8 Å². The molecule has 1 fully saturated rings. The number of nitrogens with two attached hydrogens (primary N) is 1. The molecule has 2 rings (SSSR count). The molecule has 0 spiro atoms. The van der Waals surface area contributed by atoms with Crippen LogP contribution < -0.4 is 15.8 Å². The Hall–Kier alpha value is -1.42. The van der Waals surface area contributed by atoms with Crippen molar-refractivity contribution in [1.82, 2.24) is 4.90 Å². The number of ether oxygens (including phenoxy) is 1. The van der Waals surface area contributed by atoms with Crippen LogP contribution in [0.3, 0.4) is 0 Å². The van der Waals surface area contributed by atoms with E-state index in [0.717, 1.165) is 18.0 Å². The lowest BCUT2D eigenvalue weighted by Crippen LogP contribution is -2.40. The quantitative estimate of drug-likeness (QED) is 0.819. The van der Waals surface area contributed by atoms with Crippen molar-refractivity contribution in [3.05, 3.63) is 18.2 Å². The van der Waals surface area contributed by atoms with E-state index in [-0.39, 0.29) is 0 Å². The summed E-state index contributed by atoms with van der Waals surface area (Å²) in [6, 6.07) is 5.86. The van der Waals surface area contributed by atoms with E-state index >= 15 is 0 Å². The summed E-state index contributed by atoms with van der Waals surface area (Å²) < 4.78 is 5.24. The molecule has 19 heavy (non-hydrogen) atoms. The Morgan fingerprint density at radius 2 is 2.05 bits per heavy atom. The largest absolute Gasteiger partial charge is 0.495 e. The summed E-state index contributed by atoms with van der Waals surface area (Å²) in [4.78, 5) is 2.40. The number of nitrogen functional groups attached to an aromatic ring is 1. The molecule has 1 aliphatic heterocycles. The summed E-state index contributed by atoms with van der Waals surface area (Å²) >= 11 is 0. The van der Waals surface area contributed by atoms with Gasteiger partial charge >= 0.3 is 0 Å². The van der Waals surface area contributed by atoms with E-state index in [9.17, 15) is 0 Å². The molecule has 1 aliphatic rings. The molecule has 0 aromatic heterocycles. The van der Waals surface area contributed by atoms with Crippen LogP contribution in [0.2, 0.25) is 0 Å². The van der Waals surface area contributed by atoms with Crippen LogP contribution in [0, 0.1) is 5.41 Å². The van der Waals surface area contributed by atoms with Gasteiger partial charge in [0.05, 0.1) is 12.8 Å². The Bertz CT molecular complexity index is 425. The summed E-state index contributed by atoms with van der Waals surface area (Å²) in [7, 11) is 3.84. The van der Waals surface area contributed by atoms with E-state index in [1.54, 1.807) is 7.11 Å². The second kappa shape index (κ2) is 5.70. The standard InChI is InChI=1S/C15H25N3O/c1-15(6-8-18(2)9-7-15)11-17-12-4-5-13(16)14(10-12)19-3/h4-5,10,17H,6-9,11,16H2,1-3H3. The van der Waals surface area contributed by atoms with Gasteiger partial charge in [-0.1, -0.05) is 6.92 Å². The van der Waals surface area contributed by atoms with Gasteiger partial charge in [0.25, 0.3) is 0 Å². The second-order valence-corrected chi connectivity index (χ2v) is 5.92. The predicted octanol–water partition coefficient (Wildman–Crippen LogP) is 2.42. The number of likely N-dealkylation sites (tertiary alicyclic amines) is 1. The van der Waals surface area contributed by atoms with Gasteiger partial charge in [0.1, 0.15) is 5.75 Å². The minimum atomic E-state index is 0.376. The van der Waals surface area contributed by atoms with Crippen LogP contribution in [0.4, 0.5) is 11.4 Å². The zero-order chi connectivity index (χ0) is 13.9. The molecular formula is C15H25N3O. The molecule has 4 heteroatoms. The third kappa shape index (κ3) is 3.53. The molecule has 0 aliphatic carbocycles. The van der Waals surface area contributed by atoms with E-state index in [2.05, 4.69) is 24.2 Å². The Balaban J connectivity index is 1.95. The van der Waals surface area contributed by atoms with Gasteiger partial charge in [0.15, 0.2) is 0 Å². The fourth-order valence-corrected chi connectivity index (χ4v) is 2.47. The normalized spacial score (nSPS) is 19.1. The molecule has 0 bridgehead atoms. The van der Waals surface area contributed by atoms with Crippen LogP contribution in [0.15, 0.2) is 18.2 Å². The second-order valence-electron chi connectivity index (χ2n) is 5.92. The van der Waals surface area contributed by atoms with E-state index in [4.69, 9.17) is 10.5 Å². The van der Waals surface area contributed by atoms with Crippen molar-refractivity contribution < 1.29 is 4.74 Å². The van der Waals surface area contributed by atoms with Crippen molar-refractivity contribution in [1.29, 1.82) is 0 Å². The van der Waals surface area contributed by atoms with Crippen molar-refractivity contribution >= 4 is 11.4 Å². The van der Waals surface area contributed by atoms with Crippen LogP contribution in [-0.2, 0) is 0 Å². The van der Waals surface area contributed by atoms with E-state index < -0.39 is 0 Å². The average Bonchev–Trinajstić information content (AvgIpc) is 2.42. The molecule has 3 N–H and O–H groups in total. The smallest absolute Gasteiger partial charge is 0.143 e. The maximum absolute atomic E-state index is 5.82. The number of piperidine rings is 1. The molecule has 0 radical (unpaired) electrons. The van der Waals surface area contributed by atoms with Gasteiger partial charge in [-0.05, 0) is 50.5 Å². The van der Waals surface area contributed by atoms with Gasteiger partial charge in [-0.25, -0.2) is 0 Å². The first-order valence-electron chi connectivity index (χ1n) is 6.88. The Morgan fingerprint density at radius 3 is 2.68 bits per heavy atom. The first-order valence-corrected chi connectivity index (χ1v) is 6.88. The molecule has 1 heterocycles. The first kappa shape index (κ1) is 14.0. The van der Waals surface area contributed by atoms with E-state index in [0.29, 0.717) is 11.1 Å². The topological polar surface area (TPSA) is 50.5 Å². The van der Waals surface area contributed by atoms with Crippen molar-refractivity contribution in [2.45, 2.75) is 19.8 Å². The Morgan fingerprint density at radius 1 is 1.37 bits per heavy atom. The molecule has 1 aromatic carbocycles. The zero-order valence-electron chi connectivity index (χ0n) is 12.2. The molecular weight excluding hydrogens is 238 g/mol. The van der Waals surface area contributed by atoms with Crippen LogP contribution in [0.1, 0.15) is 19.8 Å².